The van der Waals surface area contributed by atoms with Gasteiger partial charge in [0.2, 0.25) is 0 Å². The van der Waals surface area contributed by atoms with Crippen LogP contribution >= 0.6 is 24.8 Å². The van der Waals surface area contributed by atoms with Crippen molar-refractivity contribution < 1.29 is 0 Å². The number of aryl methyl sites for hydroxylation is 2. The summed E-state index contributed by atoms with van der Waals surface area (Å²) < 4.78 is 0. The third kappa shape index (κ3) is 5.66. The topological polar surface area (TPSA) is 62.4 Å². The van der Waals surface area contributed by atoms with E-state index < -0.39 is 0 Å². The fourth-order valence-corrected chi connectivity index (χ4v) is 2.35. The van der Waals surface area contributed by atoms with E-state index >= 15 is 0 Å². The van der Waals surface area contributed by atoms with Gasteiger partial charge in [-0.05, 0) is 48.2 Å². The number of guanidine groups is 1. The molecule has 0 atom stereocenters. The first-order valence-corrected chi connectivity index (χ1v) is 7.28. The van der Waals surface area contributed by atoms with E-state index in [-0.39, 0.29) is 24.8 Å². The lowest BCUT2D eigenvalue weighted by atomic mass is 10.0. The quantitative estimate of drug-likeness (QED) is 0.740. The number of hydrogen-bond acceptors (Lipinski definition) is 4. The zero-order chi connectivity index (χ0) is 14.5. The molecule has 4 N–H and O–H groups in total. The molecule has 0 aliphatic carbocycles. The van der Waals surface area contributed by atoms with Crippen LogP contribution in [0, 0.1) is 0 Å². The molecule has 1 aliphatic rings. The highest BCUT2D eigenvalue weighted by atomic mass is 35.5. The Bertz CT molecular complexity index is 624. The number of nitrogens with two attached hydrogens (primary N) is 1. The van der Waals surface area contributed by atoms with Crippen LogP contribution in [0.3, 0.4) is 0 Å². The standard InChI is InChI=1S/C17H20N4.2ClH/c18-15-7-3-13(4-8-15)1-2-14-5-9-16(10-6-14)21-17-19-11-12-20-17;;/h3-10H,1-2,11-12,18H2,(H2,19,20,21);2*1H. The molecule has 0 amide bonds. The fourth-order valence-electron chi connectivity index (χ4n) is 2.35. The second kappa shape index (κ2) is 9.28. The maximum atomic E-state index is 5.70. The predicted octanol–water partition coefficient (Wildman–Crippen LogP) is 3.27. The van der Waals surface area contributed by atoms with Gasteiger partial charge in [-0.1, -0.05) is 24.3 Å². The van der Waals surface area contributed by atoms with Crippen molar-refractivity contribution in [3.63, 3.8) is 0 Å². The van der Waals surface area contributed by atoms with E-state index in [0.717, 1.165) is 43.3 Å². The van der Waals surface area contributed by atoms with Gasteiger partial charge >= 0.3 is 0 Å². The summed E-state index contributed by atoms with van der Waals surface area (Å²) in [6, 6.07) is 16.6. The normalized spacial score (nSPS) is 12.4. The van der Waals surface area contributed by atoms with Crippen LogP contribution < -0.4 is 16.4 Å². The van der Waals surface area contributed by atoms with Crippen LogP contribution in [0.5, 0.6) is 0 Å². The molecular weight excluding hydrogens is 331 g/mol. The summed E-state index contributed by atoms with van der Waals surface area (Å²) in [7, 11) is 0. The third-order valence-electron chi connectivity index (χ3n) is 3.57. The fraction of sp³-hybridized carbons (Fsp3) is 0.235. The number of rotatable bonds is 4. The first kappa shape index (κ1) is 19.1. The second-order valence-corrected chi connectivity index (χ2v) is 5.22. The Kier molecular flexibility index (Phi) is 7.72. The zero-order valence-electron chi connectivity index (χ0n) is 12.8. The minimum Gasteiger partial charge on any atom is -0.399 e. The van der Waals surface area contributed by atoms with Gasteiger partial charge in [0.15, 0.2) is 5.96 Å². The SMILES string of the molecule is Cl.Cl.Nc1ccc(CCc2ccc(NC3=NCCN3)cc2)cc1. The molecule has 1 heterocycles. The van der Waals surface area contributed by atoms with Crippen molar-refractivity contribution in [1.29, 1.82) is 0 Å². The lowest BCUT2D eigenvalue weighted by Crippen LogP contribution is -2.26. The molecule has 2 aromatic rings. The van der Waals surface area contributed by atoms with Crippen LogP contribution in [0.1, 0.15) is 11.1 Å². The van der Waals surface area contributed by atoms with Gasteiger partial charge in [-0.3, -0.25) is 4.99 Å². The Balaban J connectivity index is 0.00000132. The molecule has 2 aromatic carbocycles. The highest BCUT2D eigenvalue weighted by Gasteiger charge is 2.04. The predicted molar refractivity (Wildman–Crippen MR) is 103 cm³/mol. The minimum atomic E-state index is 0. The highest BCUT2D eigenvalue weighted by molar-refractivity contribution is 5.94. The molecule has 0 fully saturated rings. The van der Waals surface area contributed by atoms with Crippen molar-refractivity contribution in [3.8, 4) is 0 Å². The number of hydrogen-bond donors (Lipinski definition) is 3. The summed E-state index contributed by atoms with van der Waals surface area (Å²) in [5.74, 6) is 0.865. The van der Waals surface area contributed by atoms with E-state index in [2.05, 4.69) is 52.0 Å². The number of nitrogen functional groups attached to an aromatic ring is 1. The Morgan fingerprint density at radius 1 is 0.913 bits per heavy atom. The van der Waals surface area contributed by atoms with E-state index in [1.165, 1.54) is 11.1 Å². The van der Waals surface area contributed by atoms with E-state index in [4.69, 9.17) is 5.73 Å². The maximum absolute atomic E-state index is 5.70. The molecule has 0 unspecified atom stereocenters. The van der Waals surface area contributed by atoms with Crippen molar-refractivity contribution in [3.05, 3.63) is 59.7 Å². The summed E-state index contributed by atoms with van der Waals surface area (Å²) in [6.07, 6.45) is 2.06. The number of benzene rings is 2. The monoisotopic (exact) mass is 352 g/mol. The summed E-state index contributed by atoms with van der Waals surface area (Å²) in [6.45, 7) is 1.77. The van der Waals surface area contributed by atoms with E-state index in [0.29, 0.717) is 0 Å². The van der Waals surface area contributed by atoms with Crippen LogP contribution in [0.25, 0.3) is 0 Å². The number of nitrogens with zero attached hydrogens (tertiary/aromatic N) is 1. The van der Waals surface area contributed by atoms with Gasteiger partial charge in [-0.15, -0.1) is 24.8 Å². The molecule has 6 heteroatoms. The van der Waals surface area contributed by atoms with E-state index in [1.54, 1.807) is 0 Å². The number of nitrogens with one attached hydrogen (secondary N) is 2. The van der Waals surface area contributed by atoms with Crippen molar-refractivity contribution >= 4 is 42.1 Å². The number of halogens is 2. The molecule has 0 saturated carbocycles. The molecular formula is C17H22Cl2N4. The molecule has 4 nitrogen and oxygen atoms in total. The van der Waals surface area contributed by atoms with Gasteiger partial charge < -0.3 is 16.4 Å². The molecule has 23 heavy (non-hydrogen) atoms. The van der Waals surface area contributed by atoms with Crippen molar-refractivity contribution in [2.24, 2.45) is 4.99 Å². The molecule has 0 aromatic heterocycles. The third-order valence-corrected chi connectivity index (χ3v) is 3.57. The van der Waals surface area contributed by atoms with E-state index in [1.807, 2.05) is 12.1 Å². The second-order valence-electron chi connectivity index (χ2n) is 5.22. The van der Waals surface area contributed by atoms with Crippen molar-refractivity contribution in [1.82, 2.24) is 5.32 Å². The van der Waals surface area contributed by atoms with Crippen molar-refractivity contribution in [2.75, 3.05) is 24.1 Å². The van der Waals surface area contributed by atoms with Crippen LogP contribution in [-0.4, -0.2) is 19.0 Å². The highest BCUT2D eigenvalue weighted by Crippen LogP contribution is 2.13. The summed E-state index contributed by atoms with van der Waals surface area (Å²) in [4.78, 5) is 4.32. The Morgan fingerprint density at radius 2 is 1.48 bits per heavy atom. The summed E-state index contributed by atoms with van der Waals surface area (Å²) >= 11 is 0. The smallest absolute Gasteiger partial charge is 0.195 e. The lowest BCUT2D eigenvalue weighted by molar-refractivity contribution is 0.958. The van der Waals surface area contributed by atoms with Gasteiger partial charge in [-0.2, -0.15) is 0 Å². The molecule has 0 spiro atoms. The first-order valence-electron chi connectivity index (χ1n) is 7.28. The molecule has 124 valence electrons. The van der Waals surface area contributed by atoms with Crippen LogP contribution in [0.2, 0.25) is 0 Å². The largest absolute Gasteiger partial charge is 0.399 e. The Labute approximate surface area is 149 Å². The average Bonchev–Trinajstić information content (AvgIpc) is 3.01. The minimum absolute atomic E-state index is 0. The van der Waals surface area contributed by atoms with E-state index in [9.17, 15) is 0 Å². The number of aliphatic imine (C=N–C) groups is 1. The van der Waals surface area contributed by atoms with Gasteiger partial charge in [0.25, 0.3) is 0 Å². The summed E-state index contributed by atoms with van der Waals surface area (Å²) in [5.41, 5.74) is 10.2. The van der Waals surface area contributed by atoms with Crippen LogP contribution in [0.15, 0.2) is 53.5 Å². The zero-order valence-corrected chi connectivity index (χ0v) is 14.4. The molecule has 1 aliphatic heterocycles. The van der Waals surface area contributed by atoms with Gasteiger partial charge in [-0.25, -0.2) is 0 Å². The lowest BCUT2D eigenvalue weighted by Gasteiger charge is -2.08. The number of anilines is 2. The van der Waals surface area contributed by atoms with Crippen LogP contribution in [-0.2, 0) is 12.8 Å². The molecule has 3 rings (SSSR count). The Morgan fingerprint density at radius 3 is 2.00 bits per heavy atom. The van der Waals surface area contributed by atoms with Gasteiger partial charge in [0.1, 0.15) is 0 Å². The van der Waals surface area contributed by atoms with Gasteiger partial charge in [0, 0.05) is 17.9 Å². The molecule has 0 saturated heterocycles. The van der Waals surface area contributed by atoms with Crippen molar-refractivity contribution in [2.45, 2.75) is 12.8 Å². The molecule has 0 bridgehead atoms. The maximum Gasteiger partial charge on any atom is 0.195 e. The molecule has 0 radical (unpaired) electrons. The van der Waals surface area contributed by atoms with Gasteiger partial charge in [0.05, 0.1) is 6.54 Å². The first-order chi connectivity index (χ1) is 10.3. The average molecular weight is 353 g/mol. The summed E-state index contributed by atoms with van der Waals surface area (Å²) in [5, 5.41) is 6.47. The van der Waals surface area contributed by atoms with Crippen LogP contribution in [0.4, 0.5) is 11.4 Å². The Hall–Kier alpha value is -1.91.